The van der Waals surface area contributed by atoms with E-state index in [0.29, 0.717) is 44.2 Å². The Kier molecular flexibility index (Phi) is 18.9. The van der Waals surface area contributed by atoms with Gasteiger partial charge in [0, 0.05) is 40.4 Å². The van der Waals surface area contributed by atoms with Gasteiger partial charge in [-0.05, 0) is 136 Å². The van der Waals surface area contributed by atoms with Gasteiger partial charge in [-0.2, -0.15) is 0 Å². The predicted molar refractivity (Wildman–Crippen MR) is 198 cm³/mol. The number of rotatable bonds is 6. The van der Waals surface area contributed by atoms with Crippen LogP contribution >= 0.6 is 136 Å². The average molecular weight is 1250 g/mol. The topological polar surface area (TPSA) is 194 Å². The molecule has 2 aromatic rings. The summed E-state index contributed by atoms with van der Waals surface area (Å²) in [5.41, 5.74) is 1.47. The monoisotopic (exact) mass is 1250 g/mol. The van der Waals surface area contributed by atoms with Gasteiger partial charge < -0.3 is 36.3 Å². The van der Waals surface area contributed by atoms with Crippen molar-refractivity contribution in [3.63, 3.8) is 0 Å². The maximum atomic E-state index is 11.4. The molecule has 0 heterocycles. The molecular formula is C22H17I6N4NaO8. The van der Waals surface area contributed by atoms with Gasteiger partial charge in [0.2, 0.25) is 23.6 Å². The van der Waals surface area contributed by atoms with E-state index in [0.717, 1.165) is 0 Å². The van der Waals surface area contributed by atoms with Crippen molar-refractivity contribution < 1.29 is 68.5 Å². The van der Waals surface area contributed by atoms with Gasteiger partial charge >= 0.3 is 35.5 Å². The number of carbonyl (C=O) groups is 6. The number of carbonyl (C=O) groups excluding carboxylic acids is 5. The van der Waals surface area contributed by atoms with Crippen molar-refractivity contribution >= 4 is 194 Å². The molecule has 0 atom stereocenters. The first-order chi connectivity index (χ1) is 18.3. The Morgan fingerprint density at radius 3 is 0.902 bits per heavy atom. The summed E-state index contributed by atoms with van der Waals surface area (Å²) in [4.78, 5) is 67.7. The molecule has 0 bridgehead atoms. The van der Waals surface area contributed by atoms with Crippen LogP contribution < -0.4 is 55.9 Å². The molecule has 0 spiro atoms. The molecule has 5 N–H and O–H groups in total. The molecule has 4 amide bonds. The van der Waals surface area contributed by atoms with Gasteiger partial charge in [0.25, 0.3) is 0 Å². The number of amides is 4. The largest absolute Gasteiger partial charge is 1.00 e. The minimum absolute atomic E-state index is 0. The second-order valence-corrected chi connectivity index (χ2v) is 13.9. The molecule has 216 valence electrons. The molecule has 0 saturated heterocycles. The number of hydrogen-bond donors (Lipinski definition) is 5. The summed E-state index contributed by atoms with van der Waals surface area (Å²) in [6.07, 6.45) is 0. The third-order valence-electron chi connectivity index (χ3n) is 4.26. The van der Waals surface area contributed by atoms with Crippen LogP contribution in [-0.2, 0) is 19.2 Å². The first-order valence-corrected chi connectivity index (χ1v) is 16.8. The van der Waals surface area contributed by atoms with Gasteiger partial charge in [0.05, 0.1) is 48.6 Å². The van der Waals surface area contributed by atoms with Crippen molar-refractivity contribution in [2.75, 3.05) is 21.3 Å². The van der Waals surface area contributed by atoms with Crippen molar-refractivity contribution in [3.8, 4) is 0 Å². The Balaban J connectivity index is 0.000000762. The van der Waals surface area contributed by atoms with E-state index in [2.05, 4.69) is 21.3 Å². The first-order valence-electron chi connectivity index (χ1n) is 10.3. The number of benzene rings is 2. The van der Waals surface area contributed by atoms with Crippen LogP contribution in [0.2, 0.25) is 0 Å². The maximum Gasteiger partial charge on any atom is 1.00 e. The normalized spacial score (nSPS) is 9.80. The van der Waals surface area contributed by atoms with Gasteiger partial charge in [0.1, 0.15) is 0 Å². The van der Waals surface area contributed by atoms with E-state index in [1.807, 2.05) is 136 Å². The van der Waals surface area contributed by atoms with Crippen LogP contribution in [0.4, 0.5) is 22.7 Å². The van der Waals surface area contributed by atoms with E-state index in [1.165, 1.54) is 27.7 Å². The summed E-state index contributed by atoms with van der Waals surface area (Å²) in [5, 5.41) is 31.0. The van der Waals surface area contributed by atoms with Crippen LogP contribution in [0.1, 0.15) is 48.4 Å². The van der Waals surface area contributed by atoms with E-state index in [4.69, 9.17) is 0 Å². The predicted octanol–water partition coefficient (Wildman–Crippen LogP) is 1.90. The average Bonchev–Trinajstić information content (AvgIpc) is 2.79. The second kappa shape index (κ2) is 18.6. The molecular weight excluding hydrogens is 1230 g/mol. The van der Waals surface area contributed by atoms with Crippen LogP contribution in [0.5, 0.6) is 0 Å². The Morgan fingerprint density at radius 1 is 0.512 bits per heavy atom. The summed E-state index contributed by atoms with van der Waals surface area (Å²) in [7, 11) is 0. The van der Waals surface area contributed by atoms with Crippen LogP contribution in [0, 0.1) is 21.4 Å². The number of carboxylic acids is 2. The SMILES string of the molecule is CC(=O)Nc1c(I)c(NC(C)=O)c(I)c(C(=O)O)c1I.CC(=O)Nc1c(I)c(NC(C)=O)c(I)c(C(=O)[O-])c1I.[Na+]. The smallest absolute Gasteiger partial charge is 0.545 e. The molecule has 2 rings (SSSR count). The van der Waals surface area contributed by atoms with E-state index >= 15 is 0 Å². The number of halogens is 6. The third kappa shape index (κ3) is 11.5. The Hall–Kier alpha value is 0.640. The molecule has 19 heteroatoms. The zero-order valence-electron chi connectivity index (χ0n) is 21.6. The van der Waals surface area contributed by atoms with E-state index in [1.54, 1.807) is 0 Å². The van der Waals surface area contributed by atoms with Crippen molar-refractivity contribution in [2.24, 2.45) is 0 Å². The standard InChI is InChI=1S/2C11H9I3N2O4.Na/c2*1-3(17)15-9-6(12)5(11(19)20)7(13)10(8(9)14)16-4(2)18;/h2*1-2H3,(H,15,17)(H,16,18)(H,19,20);/q;;+1/p-1. The quantitative estimate of drug-likeness (QED) is 0.214. The summed E-state index contributed by atoms with van der Waals surface area (Å²) in [5.74, 6) is -3.78. The van der Waals surface area contributed by atoms with Gasteiger partial charge in [-0.25, -0.2) is 4.79 Å². The first kappa shape index (κ1) is 41.6. The van der Waals surface area contributed by atoms with E-state index in [9.17, 15) is 39.0 Å². The van der Waals surface area contributed by atoms with Crippen molar-refractivity contribution in [3.05, 3.63) is 32.5 Å². The van der Waals surface area contributed by atoms with Gasteiger partial charge in [0.15, 0.2) is 0 Å². The molecule has 2 aromatic carbocycles. The minimum Gasteiger partial charge on any atom is -0.545 e. The summed E-state index contributed by atoms with van der Waals surface area (Å²) in [6, 6.07) is 0. The molecule has 0 fully saturated rings. The molecule has 12 nitrogen and oxygen atoms in total. The number of hydrogen-bond acceptors (Lipinski definition) is 7. The van der Waals surface area contributed by atoms with Crippen LogP contribution in [0.25, 0.3) is 0 Å². The van der Waals surface area contributed by atoms with Crippen LogP contribution in [-0.4, -0.2) is 40.7 Å². The van der Waals surface area contributed by atoms with Crippen molar-refractivity contribution in [1.82, 2.24) is 0 Å². The summed E-state index contributed by atoms with van der Waals surface area (Å²) in [6.45, 7) is 5.31. The molecule has 41 heavy (non-hydrogen) atoms. The Labute approximate surface area is 338 Å². The third-order valence-corrected chi connectivity index (χ3v) is 10.7. The minimum atomic E-state index is -1.37. The maximum absolute atomic E-state index is 11.4. The summed E-state index contributed by atoms with van der Waals surface area (Å²) < 4.78 is 2.72. The number of anilines is 4. The fourth-order valence-electron chi connectivity index (χ4n) is 2.84. The van der Waals surface area contributed by atoms with Crippen molar-refractivity contribution in [1.29, 1.82) is 0 Å². The Morgan fingerprint density at radius 2 is 0.732 bits per heavy atom. The van der Waals surface area contributed by atoms with Gasteiger partial charge in [-0.1, -0.05) is 0 Å². The molecule has 0 unspecified atom stereocenters. The second-order valence-electron chi connectivity index (χ2n) is 7.45. The van der Waals surface area contributed by atoms with Crippen LogP contribution in [0.3, 0.4) is 0 Å². The summed E-state index contributed by atoms with van der Waals surface area (Å²) >= 11 is 11.3. The molecule has 0 aromatic heterocycles. The number of nitrogens with one attached hydrogen (secondary N) is 4. The zero-order valence-corrected chi connectivity index (χ0v) is 36.5. The van der Waals surface area contributed by atoms with Gasteiger partial charge in [-0.3, -0.25) is 19.2 Å². The molecule has 0 aliphatic heterocycles. The fraction of sp³-hybridized carbons (Fsp3) is 0.182. The molecule has 0 saturated carbocycles. The molecule has 0 aliphatic carbocycles. The van der Waals surface area contributed by atoms with Gasteiger partial charge in [-0.15, -0.1) is 0 Å². The van der Waals surface area contributed by atoms with E-state index < -0.39 is 11.9 Å². The number of carboxylic acid groups (broad SMARTS) is 2. The Bertz CT molecular complexity index is 1260. The molecule has 0 aliphatic rings. The zero-order chi connectivity index (χ0) is 31.2. The van der Waals surface area contributed by atoms with E-state index in [-0.39, 0.29) is 64.3 Å². The van der Waals surface area contributed by atoms with Crippen LogP contribution in [0.15, 0.2) is 0 Å². The molecule has 0 radical (unpaired) electrons. The number of aromatic carboxylic acids is 2. The van der Waals surface area contributed by atoms with Crippen molar-refractivity contribution in [2.45, 2.75) is 27.7 Å². The fourth-order valence-corrected chi connectivity index (χ4v) is 11.2.